The standard InChI is InChI=1S/C26H33ClO5/c1-13-8-6-7-9-14(2)31-25(30)16(4)22(28)21(27)23(29)20-18(13)11-10-17-12-26(5)24(32-26)15(3)19(17)20/h6-11,13-20,24,28H,12H2,1-5H3/b8-6-,9-7+,22-21+/t13-,14+,15+,16+,17-,18+,19?,20?,24+,26-/m1/s1. The number of aliphatic hydroxyl groups is 1. The number of esters is 1. The Morgan fingerprint density at radius 1 is 1.06 bits per heavy atom. The number of carbonyl (C=O) groups excluding carboxylic acids is 2. The van der Waals surface area contributed by atoms with Gasteiger partial charge in [0.2, 0.25) is 0 Å². The van der Waals surface area contributed by atoms with Gasteiger partial charge in [-0.2, -0.15) is 0 Å². The molecule has 32 heavy (non-hydrogen) atoms. The Morgan fingerprint density at radius 3 is 2.47 bits per heavy atom. The molecular weight excluding hydrogens is 428 g/mol. The maximum Gasteiger partial charge on any atom is 0.316 e. The van der Waals surface area contributed by atoms with Crippen molar-refractivity contribution in [3.8, 4) is 0 Å². The van der Waals surface area contributed by atoms with Crippen molar-refractivity contribution in [1.82, 2.24) is 0 Å². The van der Waals surface area contributed by atoms with Crippen LogP contribution in [0.5, 0.6) is 0 Å². The first kappa shape index (κ1) is 23.3. The third kappa shape index (κ3) is 3.99. The maximum absolute atomic E-state index is 13.8. The molecule has 0 aromatic heterocycles. The smallest absolute Gasteiger partial charge is 0.316 e. The van der Waals surface area contributed by atoms with Gasteiger partial charge in [-0.1, -0.05) is 55.8 Å². The van der Waals surface area contributed by atoms with Crippen molar-refractivity contribution >= 4 is 23.4 Å². The third-order valence-electron chi connectivity index (χ3n) is 7.90. The summed E-state index contributed by atoms with van der Waals surface area (Å²) < 4.78 is 11.4. The molecule has 0 bridgehead atoms. The highest BCUT2D eigenvalue weighted by molar-refractivity contribution is 6.43. The van der Waals surface area contributed by atoms with Gasteiger partial charge in [-0.15, -0.1) is 0 Å². The number of halogens is 1. The van der Waals surface area contributed by atoms with E-state index in [0.29, 0.717) is 0 Å². The van der Waals surface area contributed by atoms with Gasteiger partial charge in [0.05, 0.1) is 11.7 Å². The lowest BCUT2D eigenvalue weighted by atomic mass is 9.56. The Balaban J connectivity index is 1.78. The molecule has 0 aromatic carbocycles. The van der Waals surface area contributed by atoms with Crippen LogP contribution < -0.4 is 0 Å². The van der Waals surface area contributed by atoms with Gasteiger partial charge in [0, 0.05) is 5.92 Å². The highest BCUT2D eigenvalue weighted by Crippen LogP contribution is 2.59. The molecule has 2 aliphatic heterocycles. The van der Waals surface area contributed by atoms with Gasteiger partial charge in [-0.05, 0) is 62.9 Å². The van der Waals surface area contributed by atoms with Crippen LogP contribution in [0.4, 0.5) is 0 Å². The average Bonchev–Trinajstić information content (AvgIpc) is 3.44. The minimum Gasteiger partial charge on any atom is -0.510 e. The second-order valence-electron chi connectivity index (χ2n) is 10.2. The van der Waals surface area contributed by atoms with Gasteiger partial charge < -0.3 is 14.6 Å². The predicted octanol–water partition coefficient (Wildman–Crippen LogP) is 5.13. The second-order valence-corrected chi connectivity index (χ2v) is 10.6. The average molecular weight is 461 g/mol. The molecular formula is C26H33ClO5. The monoisotopic (exact) mass is 460 g/mol. The van der Waals surface area contributed by atoms with Crippen LogP contribution in [0.1, 0.15) is 41.0 Å². The summed E-state index contributed by atoms with van der Waals surface area (Å²) in [4.78, 5) is 26.3. The van der Waals surface area contributed by atoms with Crippen LogP contribution in [-0.4, -0.2) is 34.7 Å². The Hall–Kier alpha value is -1.85. The molecule has 0 spiro atoms. The first-order chi connectivity index (χ1) is 15.0. The van der Waals surface area contributed by atoms with Crippen molar-refractivity contribution in [3.05, 3.63) is 47.2 Å². The molecule has 1 saturated heterocycles. The lowest BCUT2D eigenvalue weighted by molar-refractivity contribution is -0.150. The number of hydrogen-bond acceptors (Lipinski definition) is 5. The highest BCUT2D eigenvalue weighted by atomic mass is 35.5. The zero-order chi connectivity index (χ0) is 23.4. The van der Waals surface area contributed by atoms with E-state index in [1.807, 2.05) is 12.2 Å². The van der Waals surface area contributed by atoms with Crippen LogP contribution in [-0.2, 0) is 19.1 Å². The molecule has 0 radical (unpaired) electrons. The quantitative estimate of drug-likeness (QED) is 0.308. The van der Waals surface area contributed by atoms with Crippen molar-refractivity contribution in [2.45, 2.75) is 58.8 Å². The number of ketones is 1. The summed E-state index contributed by atoms with van der Waals surface area (Å²) in [5.74, 6) is -2.30. The van der Waals surface area contributed by atoms with Crippen molar-refractivity contribution in [2.24, 2.45) is 41.4 Å². The zero-order valence-electron chi connectivity index (χ0n) is 19.3. The summed E-state index contributed by atoms with van der Waals surface area (Å²) in [7, 11) is 0. The molecule has 1 saturated carbocycles. The third-order valence-corrected chi connectivity index (χ3v) is 8.28. The molecule has 6 heteroatoms. The van der Waals surface area contributed by atoms with E-state index in [2.05, 4.69) is 39.0 Å². The van der Waals surface area contributed by atoms with Gasteiger partial charge in [-0.25, -0.2) is 0 Å². The Bertz CT molecular complexity index is 917. The van der Waals surface area contributed by atoms with Gasteiger partial charge in [-0.3, -0.25) is 9.59 Å². The molecule has 2 aliphatic carbocycles. The molecule has 2 unspecified atom stereocenters. The van der Waals surface area contributed by atoms with Crippen molar-refractivity contribution < 1.29 is 24.2 Å². The van der Waals surface area contributed by atoms with Crippen LogP contribution in [0.2, 0.25) is 0 Å². The largest absolute Gasteiger partial charge is 0.510 e. The summed E-state index contributed by atoms with van der Waals surface area (Å²) in [6.07, 6.45) is 12.6. The molecule has 2 fully saturated rings. The lowest BCUT2D eigenvalue weighted by Gasteiger charge is -2.46. The van der Waals surface area contributed by atoms with Gasteiger partial charge in [0.25, 0.3) is 0 Å². The van der Waals surface area contributed by atoms with Crippen LogP contribution >= 0.6 is 11.6 Å². The Kier molecular flexibility index (Phi) is 6.19. The van der Waals surface area contributed by atoms with E-state index in [1.165, 1.54) is 6.92 Å². The molecule has 5 nitrogen and oxygen atoms in total. The first-order valence-corrected chi connectivity index (χ1v) is 12.0. The van der Waals surface area contributed by atoms with E-state index < -0.39 is 29.7 Å². The van der Waals surface area contributed by atoms with Crippen LogP contribution in [0.3, 0.4) is 0 Å². The zero-order valence-corrected chi connectivity index (χ0v) is 20.1. The number of Topliss-reactive ketones (excluding diaryl/α,β-unsaturated/α-hetero) is 1. The van der Waals surface area contributed by atoms with Crippen molar-refractivity contribution in [3.63, 3.8) is 0 Å². The SMILES string of the molecule is C[C@@H]1C(=O)O[C@@H](C)/C=C/C=C\[C@@H](C)[C@@H]2C=C[C@@H]3C[C@@]4(C)O[C@H]4[C@@H](C)C3C2C(=O)/C(Cl)=C/1O. The van der Waals surface area contributed by atoms with E-state index in [1.54, 1.807) is 13.0 Å². The molecule has 1 N–H and O–H groups in total. The molecule has 2 heterocycles. The molecule has 4 aliphatic rings. The molecule has 0 aromatic rings. The first-order valence-electron chi connectivity index (χ1n) is 11.6. The highest BCUT2D eigenvalue weighted by Gasteiger charge is 2.64. The van der Waals surface area contributed by atoms with Gasteiger partial charge in [0.1, 0.15) is 22.8 Å². The number of aliphatic hydroxyl groups excluding tert-OH is 1. The summed E-state index contributed by atoms with van der Waals surface area (Å²) in [5.41, 5.74) is -0.116. The molecule has 174 valence electrons. The van der Waals surface area contributed by atoms with Crippen LogP contribution in [0.15, 0.2) is 47.2 Å². The van der Waals surface area contributed by atoms with Gasteiger partial charge >= 0.3 is 5.97 Å². The van der Waals surface area contributed by atoms with E-state index in [4.69, 9.17) is 21.1 Å². The fourth-order valence-electron chi connectivity index (χ4n) is 6.06. The molecule has 0 amide bonds. The summed E-state index contributed by atoms with van der Waals surface area (Å²) in [5, 5.41) is 10.5. The van der Waals surface area contributed by atoms with Crippen LogP contribution in [0, 0.1) is 41.4 Å². The van der Waals surface area contributed by atoms with E-state index in [0.717, 1.165) is 6.42 Å². The van der Waals surface area contributed by atoms with E-state index in [9.17, 15) is 14.7 Å². The number of epoxide rings is 1. The molecule has 4 rings (SSSR count). The number of ether oxygens (including phenoxy) is 2. The minimum atomic E-state index is -1.02. The topological polar surface area (TPSA) is 76.1 Å². The second kappa shape index (κ2) is 8.49. The summed E-state index contributed by atoms with van der Waals surface area (Å²) in [6, 6.07) is 0. The number of allylic oxidation sites excluding steroid dienone is 6. The lowest BCUT2D eigenvalue weighted by Crippen LogP contribution is -2.48. The number of rotatable bonds is 0. The summed E-state index contributed by atoms with van der Waals surface area (Å²) in [6.45, 7) is 9.65. The predicted molar refractivity (Wildman–Crippen MR) is 123 cm³/mol. The fourth-order valence-corrected chi connectivity index (χ4v) is 6.35. The number of hydrogen-bond donors (Lipinski definition) is 1. The number of cyclic esters (lactones) is 1. The molecule has 10 atom stereocenters. The normalized spacial score (nSPS) is 50.9. The minimum absolute atomic E-state index is 0.0567. The van der Waals surface area contributed by atoms with Gasteiger partial charge in [0.15, 0.2) is 5.78 Å². The number of fused-ring (bicyclic) bond motifs is 4. The maximum atomic E-state index is 13.8. The number of carbonyl (C=O) groups is 2. The van der Waals surface area contributed by atoms with Crippen molar-refractivity contribution in [1.29, 1.82) is 0 Å². The van der Waals surface area contributed by atoms with E-state index in [-0.39, 0.29) is 52.1 Å². The summed E-state index contributed by atoms with van der Waals surface area (Å²) >= 11 is 6.49. The Labute approximate surface area is 195 Å². The van der Waals surface area contributed by atoms with E-state index >= 15 is 0 Å². The van der Waals surface area contributed by atoms with Crippen molar-refractivity contribution in [2.75, 3.05) is 0 Å². The van der Waals surface area contributed by atoms with Crippen LogP contribution in [0.25, 0.3) is 0 Å². The fraction of sp³-hybridized carbons (Fsp3) is 0.615. The Morgan fingerprint density at radius 2 is 1.75 bits per heavy atom.